The second kappa shape index (κ2) is 6.95. The van der Waals surface area contributed by atoms with Crippen molar-refractivity contribution in [1.82, 2.24) is 0 Å². The van der Waals surface area contributed by atoms with Crippen LogP contribution in [0.3, 0.4) is 0 Å². The lowest BCUT2D eigenvalue weighted by Gasteiger charge is -2.12. The second-order valence-corrected chi connectivity index (χ2v) is 5.75. The number of hydrogen-bond donors (Lipinski definition) is 2. The number of para-hydroxylation sites is 1. The fourth-order valence-corrected chi connectivity index (χ4v) is 2.81. The molecule has 0 radical (unpaired) electrons. The van der Waals surface area contributed by atoms with Gasteiger partial charge >= 0.3 is 0 Å². The molecule has 0 atom stereocenters. The highest BCUT2D eigenvalue weighted by Gasteiger charge is 2.12. The lowest BCUT2D eigenvalue weighted by molar-refractivity contribution is 0.102. The molecule has 0 bridgehead atoms. The number of anilines is 2. The van der Waals surface area contributed by atoms with E-state index in [1.54, 1.807) is 18.2 Å². The van der Waals surface area contributed by atoms with Crippen molar-refractivity contribution in [2.45, 2.75) is 6.92 Å². The summed E-state index contributed by atoms with van der Waals surface area (Å²) in [7, 11) is 0. The molecule has 3 nitrogen and oxygen atoms in total. The average molecular weight is 401 g/mol. The Morgan fingerprint density at radius 2 is 1.95 bits per heavy atom. The Bertz CT molecular complexity index is 631. The Labute approximate surface area is 136 Å². The summed E-state index contributed by atoms with van der Waals surface area (Å²) in [6, 6.07) is 12.8. The van der Waals surface area contributed by atoms with Gasteiger partial charge in [0.05, 0.1) is 11.3 Å². The molecule has 0 unspecified atom stereocenters. The summed E-state index contributed by atoms with van der Waals surface area (Å²) in [4.78, 5) is 12.4. The van der Waals surface area contributed by atoms with E-state index < -0.39 is 0 Å². The first-order valence-electron chi connectivity index (χ1n) is 6.21. The van der Waals surface area contributed by atoms with Crippen LogP contribution in [0.5, 0.6) is 0 Å². The fraction of sp³-hybridized carbons (Fsp3) is 0.133. The van der Waals surface area contributed by atoms with Crippen LogP contribution in [0.1, 0.15) is 17.3 Å². The topological polar surface area (TPSA) is 41.1 Å². The van der Waals surface area contributed by atoms with Gasteiger partial charge in [0.15, 0.2) is 0 Å². The number of carbonyl (C=O) groups excluding carboxylic acids is 1. The highest BCUT2D eigenvalue weighted by atomic mass is 127. The van der Waals surface area contributed by atoms with E-state index in [0.717, 1.165) is 21.5 Å². The quantitative estimate of drug-likeness (QED) is 0.735. The Balaban J connectivity index is 2.24. The predicted octanol–water partition coefficient (Wildman–Crippen LogP) is 4.63. The van der Waals surface area contributed by atoms with E-state index in [1.807, 2.05) is 31.2 Å². The molecule has 0 spiro atoms. The van der Waals surface area contributed by atoms with E-state index in [4.69, 9.17) is 11.6 Å². The van der Waals surface area contributed by atoms with Crippen molar-refractivity contribution in [3.63, 3.8) is 0 Å². The summed E-state index contributed by atoms with van der Waals surface area (Å²) in [5.41, 5.74) is 2.21. The van der Waals surface area contributed by atoms with E-state index >= 15 is 0 Å². The monoisotopic (exact) mass is 400 g/mol. The maximum atomic E-state index is 12.4. The van der Waals surface area contributed by atoms with Crippen LogP contribution in [0, 0.1) is 3.57 Å². The van der Waals surface area contributed by atoms with Crippen LogP contribution in [0.4, 0.5) is 11.4 Å². The first-order valence-corrected chi connectivity index (χ1v) is 7.66. The zero-order chi connectivity index (χ0) is 14.5. The molecular weight excluding hydrogens is 387 g/mol. The summed E-state index contributed by atoms with van der Waals surface area (Å²) in [6.45, 7) is 2.76. The summed E-state index contributed by atoms with van der Waals surface area (Å²) in [6.07, 6.45) is 0. The minimum absolute atomic E-state index is 0.137. The first-order chi connectivity index (χ1) is 9.61. The number of amides is 1. The minimum atomic E-state index is -0.137. The molecular formula is C15H14ClIN2O. The van der Waals surface area contributed by atoms with Crippen LogP contribution < -0.4 is 10.6 Å². The van der Waals surface area contributed by atoms with Crippen LogP contribution >= 0.6 is 34.2 Å². The van der Waals surface area contributed by atoms with Crippen molar-refractivity contribution >= 4 is 51.5 Å². The van der Waals surface area contributed by atoms with Crippen molar-refractivity contribution in [2.24, 2.45) is 0 Å². The number of halogens is 2. The normalized spacial score (nSPS) is 10.2. The molecule has 2 rings (SSSR count). The van der Waals surface area contributed by atoms with Crippen LogP contribution in [-0.4, -0.2) is 12.5 Å². The molecule has 1 amide bonds. The van der Waals surface area contributed by atoms with Gasteiger partial charge < -0.3 is 10.6 Å². The molecule has 20 heavy (non-hydrogen) atoms. The second-order valence-electron chi connectivity index (χ2n) is 4.15. The highest BCUT2D eigenvalue weighted by molar-refractivity contribution is 14.1. The van der Waals surface area contributed by atoms with Gasteiger partial charge in [-0.2, -0.15) is 0 Å². The summed E-state index contributed by atoms with van der Waals surface area (Å²) < 4.78 is 0.907. The fourth-order valence-electron chi connectivity index (χ4n) is 1.81. The number of nitrogens with one attached hydrogen (secondary N) is 2. The summed E-state index contributed by atoms with van der Waals surface area (Å²) in [5, 5.41) is 6.74. The van der Waals surface area contributed by atoms with Crippen molar-refractivity contribution in [1.29, 1.82) is 0 Å². The number of hydrogen-bond acceptors (Lipinski definition) is 2. The van der Waals surface area contributed by atoms with Gasteiger partial charge in [0.1, 0.15) is 0 Å². The Morgan fingerprint density at radius 3 is 2.65 bits per heavy atom. The van der Waals surface area contributed by atoms with Crippen molar-refractivity contribution in [3.05, 3.63) is 56.6 Å². The third kappa shape index (κ3) is 3.64. The van der Waals surface area contributed by atoms with Crippen molar-refractivity contribution in [2.75, 3.05) is 17.2 Å². The molecule has 2 aromatic carbocycles. The van der Waals surface area contributed by atoms with Gasteiger partial charge in [-0.15, -0.1) is 0 Å². The molecule has 0 saturated carbocycles. The maximum Gasteiger partial charge on any atom is 0.257 e. The van der Waals surface area contributed by atoms with E-state index in [0.29, 0.717) is 10.6 Å². The molecule has 2 aromatic rings. The third-order valence-corrected chi connectivity index (χ3v) is 3.85. The lowest BCUT2D eigenvalue weighted by Crippen LogP contribution is -2.15. The number of benzene rings is 2. The molecule has 0 aliphatic heterocycles. The summed E-state index contributed by atoms with van der Waals surface area (Å²) >= 11 is 8.06. The van der Waals surface area contributed by atoms with Crippen LogP contribution in [0.25, 0.3) is 0 Å². The van der Waals surface area contributed by atoms with Gasteiger partial charge in [-0.1, -0.05) is 23.7 Å². The van der Waals surface area contributed by atoms with E-state index in [-0.39, 0.29) is 5.91 Å². The average Bonchev–Trinajstić information content (AvgIpc) is 2.43. The molecule has 0 aromatic heterocycles. The minimum Gasteiger partial charge on any atom is -0.385 e. The zero-order valence-corrected chi connectivity index (χ0v) is 13.8. The SMILES string of the molecule is CCNc1ccccc1C(=O)Nc1ccc(Cl)cc1I. The Kier molecular flexibility index (Phi) is 5.25. The highest BCUT2D eigenvalue weighted by Crippen LogP contribution is 2.24. The van der Waals surface area contributed by atoms with Gasteiger partial charge in [0.2, 0.25) is 0 Å². The smallest absolute Gasteiger partial charge is 0.257 e. The van der Waals surface area contributed by atoms with Gasteiger partial charge in [0.25, 0.3) is 5.91 Å². The van der Waals surface area contributed by atoms with Crippen molar-refractivity contribution < 1.29 is 4.79 Å². The van der Waals surface area contributed by atoms with Crippen LogP contribution in [0.15, 0.2) is 42.5 Å². The molecule has 5 heteroatoms. The van der Waals surface area contributed by atoms with E-state index in [1.165, 1.54) is 0 Å². The molecule has 104 valence electrons. The van der Waals surface area contributed by atoms with E-state index in [2.05, 4.69) is 33.2 Å². The molecule has 2 N–H and O–H groups in total. The first kappa shape index (κ1) is 15.1. The van der Waals surface area contributed by atoms with Gasteiger partial charge in [-0.05, 0) is 59.8 Å². The van der Waals surface area contributed by atoms with Crippen LogP contribution in [-0.2, 0) is 0 Å². The van der Waals surface area contributed by atoms with Gasteiger partial charge in [0, 0.05) is 20.8 Å². The largest absolute Gasteiger partial charge is 0.385 e. The molecule has 0 saturated heterocycles. The van der Waals surface area contributed by atoms with Crippen molar-refractivity contribution in [3.8, 4) is 0 Å². The van der Waals surface area contributed by atoms with Gasteiger partial charge in [-0.25, -0.2) is 0 Å². The standard InChI is InChI=1S/C15H14ClIN2O/c1-2-18-13-6-4-3-5-11(13)15(20)19-14-8-7-10(16)9-12(14)17/h3-9,18H,2H2,1H3,(H,19,20). The lowest BCUT2D eigenvalue weighted by atomic mass is 10.1. The summed E-state index contributed by atoms with van der Waals surface area (Å²) in [5.74, 6) is -0.137. The maximum absolute atomic E-state index is 12.4. The number of rotatable bonds is 4. The Morgan fingerprint density at radius 1 is 1.20 bits per heavy atom. The molecule has 0 aliphatic carbocycles. The molecule has 0 fully saturated rings. The van der Waals surface area contributed by atoms with Crippen LogP contribution in [0.2, 0.25) is 5.02 Å². The van der Waals surface area contributed by atoms with E-state index in [9.17, 15) is 4.79 Å². The van der Waals surface area contributed by atoms with Gasteiger partial charge in [-0.3, -0.25) is 4.79 Å². The molecule has 0 aliphatic rings. The third-order valence-electron chi connectivity index (χ3n) is 2.72. The predicted molar refractivity (Wildman–Crippen MR) is 92.7 cm³/mol. The molecule has 0 heterocycles. The number of carbonyl (C=O) groups is 1. The Hall–Kier alpha value is -1.27. The zero-order valence-electron chi connectivity index (χ0n) is 10.9.